The quantitative estimate of drug-likeness (QED) is 0.425. The molecule has 28 heavy (non-hydrogen) atoms. The first kappa shape index (κ1) is 24.0. The topological polar surface area (TPSA) is 24.9 Å². The minimum Gasteiger partial charge on any atom is -0.494 e. The molecule has 5 heteroatoms. The van der Waals surface area contributed by atoms with Crippen LogP contribution in [0.3, 0.4) is 0 Å². The van der Waals surface area contributed by atoms with Crippen molar-refractivity contribution in [3.63, 3.8) is 0 Å². The molecule has 0 aliphatic rings. The number of anilines is 2. The van der Waals surface area contributed by atoms with Gasteiger partial charge >= 0.3 is 0 Å². The van der Waals surface area contributed by atoms with Crippen LogP contribution in [-0.2, 0) is 0 Å². The van der Waals surface area contributed by atoms with E-state index in [-0.39, 0.29) is 12.4 Å². The fourth-order valence-corrected chi connectivity index (χ4v) is 2.80. The van der Waals surface area contributed by atoms with Gasteiger partial charge in [0.2, 0.25) is 0 Å². The van der Waals surface area contributed by atoms with E-state index in [0.717, 1.165) is 37.6 Å². The summed E-state index contributed by atoms with van der Waals surface area (Å²) >= 11 is 0. The van der Waals surface area contributed by atoms with Crippen molar-refractivity contribution in [3.05, 3.63) is 48.5 Å². The third kappa shape index (κ3) is 8.75. The van der Waals surface area contributed by atoms with Gasteiger partial charge in [-0.2, -0.15) is 0 Å². The zero-order valence-electron chi connectivity index (χ0n) is 17.7. The van der Waals surface area contributed by atoms with E-state index in [2.05, 4.69) is 34.1 Å². The molecule has 0 radical (unpaired) electrons. The van der Waals surface area contributed by atoms with Crippen LogP contribution < -0.4 is 19.3 Å². The number of ether oxygens (including phenoxy) is 2. The Bertz CT molecular complexity index is 585. The van der Waals surface area contributed by atoms with Gasteiger partial charge in [0.25, 0.3) is 0 Å². The van der Waals surface area contributed by atoms with Crippen LogP contribution in [0.1, 0.15) is 32.1 Å². The van der Waals surface area contributed by atoms with Crippen LogP contribution in [0.2, 0.25) is 0 Å². The standard InChI is InChI=1S/C23H34N2O2.ClH/c1-24(2)20-10-14-22(15-11-20)26-18-8-6-5-7-9-19-27-23-16-12-21(13-17-23)25(3)4;/h10-17H,5-9,18-19H2,1-4H3;1H. The average molecular weight is 407 g/mol. The van der Waals surface area contributed by atoms with E-state index in [0.29, 0.717) is 0 Å². The van der Waals surface area contributed by atoms with Gasteiger partial charge in [0, 0.05) is 39.6 Å². The molecule has 0 unspecified atom stereocenters. The Labute approximate surface area is 176 Å². The van der Waals surface area contributed by atoms with Crippen molar-refractivity contribution in [2.75, 3.05) is 51.2 Å². The lowest BCUT2D eigenvalue weighted by atomic mass is 10.1. The summed E-state index contributed by atoms with van der Waals surface area (Å²) in [6.07, 6.45) is 5.83. The van der Waals surface area contributed by atoms with Gasteiger partial charge in [0.05, 0.1) is 13.2 Å². The smallest absolute Gasteiger partial charge is 0.119 e. The molecule has 0 bridgehead atoms. The number of rotatable bonds is 12. The molecule has 156 valence electrons. The molecule has 0 amide bonds. The van der Waals surface area contributed by atoms with E-state index in [1.165, 1.54) is 30.6 Å². The summed E-state index contributed by atoms with van der Waals surface area (Å²) in [4.78, 5) is 4.18. The van der Waals surface area contributed by atoms with Crippen LogP contribution in [0, 0.1) is 0 Å². The molecule has 0 spiro atoms. The van der Waals surface area contributed by atoms with Crippen molar-refractivity contribution >= 4 is 23.8 Å². The Kier molecular flexibility index (Phi) is 11.3. The summed E-state index contributed by atoms with van der Waals surface area (Å²) in [6.45, 7) is 1.58. The van der Waals surface area contributed by atoms with Crippen LogP contribution in [0.25, 0.3) is 0 Å². The summed E-state index contributed by atoms with van der Waals surface area (Å²) in [5.74, 6) is 1.91. The molecular weight excluding hydrogens is 372 g/mol. The van der Waals surface area contributed by atoms with Gasteiger partial charge in [-0.15, -0.1) is 12.4 Å². The second kappa shape index (κ2) is 13.2. The number of nitrogens with zero attached hydrogens (tertiary/aromatic N) is 2. The SMILES string of the molecule is CN(C)c1ccc(OCCCCCCCOc2ccc(N(C)C)cc2)cc1.Cl. The van der Waals surface area contributed by atoms with E-state index in [1.807, 2.05) is 52.5 Å². The summed E-state index contributed by atoms with van der Waals surface area (Å²) in [5, 5.41) is 0. The molecule has 2 rings (SSSR count). The Morgan fingerprint density at radius 3 is 1.18 bits per heavy atom. The lowest BCUT2D eigenvalue weighted by Crippen LogP contribution is -2.08. The Hall–Kier alpha value is -2.07. The van der Waals surface area contributed by atoms with Crippen LogP contribution in [0.4, 0.5) is 11.4 Å². The van der Waals surface area contributed by atoms with E-state index >= 15 is 0 Å². The number of unbranched alkanes of at least 4 members (excludes halogenated alkanes) is 4. The summed E-state index contributed by atoms with van der Waals surface area (Å²) in [6, 6.07) is 16.5. The number of hydrogen-bond donors (Lipinski definition) is 0. The minimum absolute atomic E-state index is 0. The largest absolute Gasteiger partial charge is 0.494 e. The fraction of sp³-hybridized carbons (Fsp3) is 0.478. The monoisotopic (exact) mass is 406 g/mol. The van der Waals surface area contributed by atoms with Crippen molar-refractivity contribution in [1.82, 2.24) is 0 Å². The first-order chi connectivity index (χ1) is 13.1. The van der Waals surface area contributed by atoms with Crippen LogP contribution >= 0.6 is 12.4 Å². The van der Waals surface area contributed by atoms with Crippen LogP contribution in [0.5, 0.6) is 11.5 Å². The molecule has 0 aliphatic heterocycles. The highest BCUT2D eigenvalue weighted by atomic mass is 35.5. The predicted molar refractivity (Wildman–Crippen MR) is 123 cm³/mol. The van der Waals surface area contributed by atoms with Gasteiger partial charge in [-0.05, 0) is 61.4 Å². The van der Waals surface area contributed by atoms with Gasteiger partial charge in [0.15, 0.2) is 0 Å². The van der Waals surface area contributed by atoms with Crippen molar-refractivity contribution in [2.24, 2.45) is 0 Å². The predicted octanol–water partition coefficient (Wildman–Crippen LogP) is 5.65. The number of halogens is 1. The Balaban J connectivity index is 0.00000392. The van der Waals surface area contributed by atoms with Crippen LogP contribution in [-0.4, -0.2) is 41.4 Å². The third-order valence-electron chi connectivity index (χ3n) is 4.53. The average Bonchev–Trinajstić information content (AvgIpc) is 2.67. The van der Waals surface area contributed by atoms with Crippen molar-refractivity contribution in [3.8, 4) is 11.5 Å². The molecule has 2 aromatic carbocycles. The molecule has 2 aromatic rings. The van der Waals surface area contributed by atoms with Gasteiger partial charge in [-0.3, -0.25) is 0 Å². The van der Waals surface area contributed by atoms with Crippen molar-refractivity contribution in [2.45, 2.75) is 32.1 Å². The van der Waals surface area contributed by atoms with Crippen LogP contribution in [0.15, 0.2) is 48.5 Å². The minimum atomic E-state index is 0. The maximum absolute atomic E-state index is 5.81. The van der Waals surface area contributed by atoms with E-state index in [4.69, 9.17) is 9.47 Å². The van der Waals surface area contributed by atoms with Gasteiger partial charge < -0.3 is 19.3 Å². The van der Waals surface area contributed by atoms with E-state index < -0.39 is 0 Å². The van der Waals surface area contributed by atoms with E-state index in [1.54, 1.807) is 0 Å². The second-order valence-corrected chi connectivity index (χ2v) is 7.24. The summed E-state index contributed by atoms with van der Waals surface area (Å²) < 4.78 is 11.6. The molecule has 0 saturated heterocycles. The lowest BCUT2D eigenvalue weighted by molar-refractivity contribution is 0.293. The molecule has 0 aromatic heterocycles. The normalized spacial score (nSPS) is 10.1. The highest BCUT2D eigenvalue weighted by Gasteiger charge is 1.99. The lowest BCUT2D eigenvalue weighted by Gasteiger charge is -2.13. The fourth-order valence-electron chi connectivity index (χ4n) is 2.80. The zero-order valence-corrected chi connectivity index (χ0v) is 18.5. The molecule has 0 aliphatic carbocycles. The molecule has 0 atom stereocenters. The third-order valence-corrected chi connectivity index (χ3v) is 4.53. The molecule has 0 saturated carbocycles. The molecule has 0 fully saturated rings. The first-order valence-corrected chi connectivity index (χ1v) is 9.86. The maximum Gasteiger partial charge on any atom is 0.119 e. The van der Waals surface area contributed by atoms with Gasteiger partial charge in [-0.25, -0.2) is 0 Å². The number of hydrogen-bond acceptors (Lipinski definition) is 4. The molecular formula is C23H35ClN2O2. The van der Waals surface area contributed by atoms with Gasteiger partial charge in [-0.1, -0.05) is 19.3 Å². The summed E-state index contributed by atoms with van der Waals surface area (Å²) in [5.41, 5.74) is 2.39. The highest BCUT2D eigenvalue weighted by molar-refractivity contribution is 5.85. The Morgan fingerprint density at radius 2 is 0.857 bits per heavy atom. The maximum atomic E-state index is 5.81. The van der Waals surface area contributed by atoms with Crippen molar-refractivity contribution < 1.29 is 9.47 Å². The molecule has 0 N–H and O–H groups in total. The highest BCUT2D eigenvalue weighted by Crippen LogP contribution is 2.19. The summed E-state index contributed by atoms with van der Waals surface area (Å²) in [7, 11) is 8.17. The zero-order chi connectivity index (χ0) is 19.5. The number of benzene rings is 2. The molecule has 0 heterocycles. The van der Waals surface area contributed by atoms with Crippen molar-refractivity contribution in [1.29, 1.82) is 0 Å². The molecule has 4 nitrogen and oxygen atoms in total. The van der Waals surface area contributed by atoms with E-state index in [9.17, 15) is 0 Å². The Morgan fingerprint density at radius 1 is 0.536 bits per heavy atom. The van der Waals surface area contributed by atoms with Gasteiger partial charge in [0.1, 0.15) is 11.5 Å². The second-order valence-electron chi connectivity index (χ2n) is 7.24. The first-order valence-electron chi connectivity index (χ1n) is 9.86.